The van der Waals surface area contributed by atoms with E-state index < -0.39 is 26.4 Å². The van der Waals surface area contributed by atoms with Crippen LogP contribution in [0.1, 0.15) is 0 Å². The van der Waals surface area contributed by atoms with E-state index in [1.165, 1.54) is 12.4 Å². The van der Waals surface area contributed by atoms with Gasteiger partial charge >= 0.3 is 0 Å². The predicted octanol–water partition coefficient (Wildman–Crippen LogP) is 5.40. The highest BCUT2D eigenvalue weighted by Crippen LogP contribution is 2.36. The third kappa shape index (κ3) is 3.58. The topological polar surface area (TPSA) is 47.0 Å². The maximum Gasteiger partial charge on any atom is 0.178 e. The zero-order valence-electron chi connectivity index (χ0n) is 13.3. The molecule has 0 amide bonds. The summed E-state index contributed by atoms with van der Waals surface area (Å²) < 4.78 is 52.0. The summed E-state index contributed by atoms with van der Waals surface area (Å²) >= 11 is 12.0. The Bertz CT molecular complexity index is 1120. The first-order valence-corrected chi connectivity index (χ1v) is 9.92. The number of sulfone groups is 1. The molecule has 0 aliphatic rings. The molecule has 0 N–H and O–H groups in total. The minimum absolute atomic E-state index is 0.107. The van der Waals surface area contributed by atoms with Gasteiger partial charge in [-0.15, -0.1) is 0 Å². The number of benzene rings is 2. The number of aromatic nitrogens is 1. The van der Waals surface area contributed by atoms with Crippen LogP contribution in [-0.2, 0) is 9.84 Å². The maximum atomic E-state index is 14.6. The van der Waals surface area contributed by atoms with Gasteiger partial charge in [0.1, 0.15) is 16.5 Å². The van der Waals surface area contributed by atoms with E-state index in [0.717, 1.165) is 12.3 Å². The van der Waals surface area contributed by atoms with Gasteiger partial charge < -0.3 is 0 Å². The minimum atomic E-state index is -3.89. The van der Waals surface area contributed by atoms with Gasteiger partial charge in [-0.1, -0.05) is 29.3 Å². The molecule has 1 heterocycles. The number of pyridine rings is 1. The van der Waals surface area contributed by atoms with E-state index >= 15 is 0 Å². The molecular weight excluding hydrogens is 403 g/mol. The summed E-state index contributed by atoms with van der Waals surface area (Å²) in [6, 6.07) is 8.02. The molecular formula is C18H11Cl2F2NO2S. The SMILES string of the molecule is CS(=O)(=O)c1cc(F)c(-c2cnccc2-c2ccc(Cl)c(Cl)c2)cc1F. The van der Waals surface area contributed by atoms with Crippen LogP contribution < -0.4 is 0 Å². The third-order valence-corrected chi connectivity index (χ3v) is 5.61. The third-order valence-electron chi connectivity index (χ3n) is 3.76. The summed E-state index contributed by atoms with van der Waals surface area (Å²) in [6.45, 7) is 0. The summed E-state index contributed by atoms with van der Waals surface area (Å²) in [7, 11) is -3.89. The normalized spacial score (nSPS) is 11.6. The van der Waals surface area contributed by atoms with Crippen LogP contribution in [0.4, 0.5) is 8.78 Å². The number of hydrogen-bond donors (Lipinski definition) is 0. The van der Waals surface area contributed by atoms with E-state index in [1.807, 2.05) is 0 Å². The number of halogens is 4. The van der Waals surface area contributed by atoms with Crippen molar-refractivity contribution in [3.63, 3.8) is 0 Å². The first kappa shape index (κ1) is 18.8. The number of hydrogen-bond acceptors (Lipinski definition) is 3. The summed E-state index contributed by atoms with van der Waals surface area (Å²) in [4.78, 5) is 3.27. The van der Waals surface area contributed by atoms with Gasteiger partial charge in [0.05, 0.1) is 10.0 Å². The second-order valence-electron chi connectivity index (χ2n) is 5.58. The molecule has 26 heavy (non-hydrogen) atoms. The monoisotopic (exact) mass is 413 g/mol. The Balaban J connectivity index is 2.23. The van der Waals surface area contributed by atoms with Crippen molar-refractivity contribution in [2.24, 2.45) is 0 Å². The molecule has 8 heteroatoms. The Kier molecular flexibility index (Phi) is 5.01. The molecule has 2 aromatic carbocycles. The van der Waals surface area contributed by atoms with Crippen LogP contribution in [-0.4, -0.2) is 19.7 Å². The second kappa shape index (κ2) is 6.95. The van der Waals surface area contributed by atoms with Gasteiger partial charge in [0.15, 0.2) is 9.84 Å². The van der Waals surface area contributed by atoms with Crippen molar-refractivity contribution in [2.45, 2.75) is 4.90 Å². The first-order valence-electron chi connectivity index (χ1n) is 7.27. The van der Waals surface area contributed by atoms with Crippen molar-refractivity contribution >= 4 is 33.0 Å². The van der Waals surface area contributed by atoms with Gasteiger partial charge in [0, 0.05) is 29.8 Å². The van der Waals surface area contributed by atoms with Crippen molar-refractivity contribution in [3.8, 4) is 22.3 Å². The van der Waals surface area contributed by atoms with Gasteiger partial charge in [-0.3, -0.25) is 4.98 Å². The molecule has 0 fully saturated rings. The Morgan fingerprint density at radius 1 is 0.885 bits per heavy atom. The van der Waals surface area contributed by atoms with E-state index in [1.54, 1.807) is 24.3 Å². The Morgan fingerprint density at radius 3 is 2.27 bits per heavy atom. The summed E-state index contributed by atoms with van der Waals surface area (Å²) in [5, 5.41) is 0.673. The predicted molar refractivity (Wildman–Crippen MR) is 98.2 cm³/mol. The largest absolute Gasteiger partial charge is 0.264 e. The fraction of sp³-hybridized carbons (Fsp3) is 0.0556. The highest BCUT2D eigenvalue weighted by atomic mass is 35.5. The zero-order chi connectivity index (χ0) is 19.1. The van der Waals surface area contributed by atoms with Crippen LogP contribution in [0, 0.1) is 11.6 Å². The van der Waals surface area contributed by atoms with E-state index in [4.69, 9.17) is 23.2 Å². The standard InChI is InChI=1S/C18H11Cl2F2NO2S/c1-26(24,25)18-8-16(21)12(7-17(18)22)13-9-23-5-4-11(13)10-2-3-14(19)15(20)6-10/h2-9H,1H3. The Hall–Kier alpha value is -2.02. The van der Waals surface area contributed by atoms with Crippen LogP contribution in [0.2, 0.25) is 10.0 Å². The van der Waals surface area contributed by atoms with Crippen molar-refractivity contribution < 1.29 is 17.2 Å². The van der Waals surface area contributed by atoms with Crippen LogP contribution in [0.3, 0.4) is 0 Å². The molecule has 0 aliphatic heterocycles. The molecule has 3 nitrogen and oxygen atoms in total. The molecule has 3 aromatic rings. The lowest BCUT2D eigenvalue weighted by molar-refractivity contribution is 0.557. The van der Waals surface area contributed by atoms with Crippen molar-refractivity contribution in [3.05, 3.63) is 70.5 Å². The highest BCUT2D eigenvalue weighted by Gasteiger charge is 2.20. The number of rotatable bonds is 3. The first-order chi connectivity index (χ1) is 12.2. The summed E-state index contributed by atoms with van der Waals surface area (Å²) in [5.74, 6) is -1.91. The van der Waals surface area contributed by atoms with Crippen molar-refractivity contribution in [1.82, 2.24) is 4.98 Å². The molecule has 0 spiro atoms. The van der Waals surface area contributed by atoms with Gasteiger partial charge in [0.2, 0.25) is 0 Å². The van der Waals surface area contributed by atoms with E-state index in [0.29, 0.717) is 32.8 Å². The van der Waals surface area contributed by atoms with Gasteiger partial charge in [0.25, 0.3) is 0 Å². The van der Waals surface area contributed by atoms with E-state index in [2.05, 4.69) is 4.98 Å². The van der Waals surface area contributed by atoms with Crippen LogP contribution in [0.15, 0.2) is 53.7 Å². The van der Waals surface area contributed by atoms with Crippen LogP contribution >= 0.6 is 23.2 Å². The van der Waals surface area contributed by atoms with Crippen LogP contribution in [0.5, 0.6) is 0 Å². The Morgan fingerprint density at radius 2 is 1.62 bits per heavy atom. The van der Waals surface area contributed by atoms with Gasteiger partial charge in [-0.2, -0.15) is 0 Å². The highest BCUT2D eigenvalue weighted by molar-refractivity contribution is 7.90. The smallest absolute Gasteiger partial charge is 0.178 e. The molecule has 0 bridgehead atoms. The lowest BCUT2D eigenvalue weighted by atomic mass is 9.96. The molecule has 0 unspecified atom stereocenters. The molecule has 0 radical (unpaired) electrons. The van der Waals surface area contributed by atoms with Gasteiger partial charge in [-0.25, -0.2) is 17.2 Å². The molecule has 1 aromatic heterocycles. The fourth-order valence-corrected chi connectivity index (χ4v) is 3.57. The maximum absolute atomic E-state index is 14.6. The number of nitrogens with zero attached hydrogens (tertiary/aromatic N) is 1. The van der Waals surface area contributed by atoms with Crippen molar-refractivity contribution in [1.29, 1.82) is 0 Å². The lowest BCUT2D eigenvalue weighted by Crippen LogP contribution is -2.03. The average Bonchev–Trinajstić information content (AvgIpc) is 2.58. The van der Waals surface area contributed by atoms with Crippen molar-refractivity contribution in [2.75, 3.05) is 6.26 Å². The molecule has 0 atom stereocenters. The second-order valence-corrected chi connectivity index (χ2v) is 8.38. The Labute approximate surface area is 159 Å². The molecule has 0 saturated carbocycles. The van der Waals surface area contributed by atoms with Crippen LogP contribution in [0.25, 0.3) is 22.3 Å². The summed E-state index contributed by atoms with van der Waals surface area (Å²) in [5.41, 5.74) is 1.36. The fourth-order valence-electron chi connectivity index (χ4n) is 2.54. The average molecular weight is 414 g/mol. The molecule has 0 aliphatic carbocycles. The molecule has 0 saturated heterocycles. The van der Waals surface area contributed by atoms with E-state index in [-0.39, 0.29) is 5.56 Å². The lowest BCUT2D eigenvalue weighted by Gasteiger charge is -2.12. The quantitative estimate of drug-likeness (QED) is 0.576. The molecule has 134 valence electrons. The van der Waals surface area contributed by atoms with Gasteiger partial charge in [-0.05, 0) is 41.5 Å². The zero-order valence-corrected chi connectivity index (χ0v) is 15.6. The molecule has 3 rings (SSSR count). The summed E-state index contributed by atoms with van der Waals surface area (Å²) in [6.07, 6.45) is 3.69. The minimum Gasteiger partial charge on any atom is -0.264 e. The van der Waals surface area contributed by atoms with E-state index in [9.17, 15) is 17.2 Å².